The summed E-state index contributed by atoms with van der Waals surface area (Å²) in [5, 5.41) is 0. The second-order valence-electron chi connectivity index (χ2n) is 3.47. The lowest BCUT2D eigenvalue weighted by molar-refractivity contribution is 0.377. The standard InChI is InChI=1S/C13H9Br3O2/c1-17-12-7-9(15)6-11(16)13(12)18-10-4-2-8(14)3-5-10/h2-7H,1H3. The minimum atomic E-state index is 0.656. The number of methoxy groups -OCH3 is 1. The maximum absolute atomic E-state index is 5.83. The Kier molecular flexibility index (Phi) is 4.70. The summed E-state index contributed by atoms with van der Waals surface area (Å²) >= 11 is 10.3. The second-order valence-corrected chi connectivity index (χ2v) is 6.16. The van der Waals surface area contributed by atoms with E-state index >= 15 is 0 Å². The third kappa shape index (κ3) is 3.28. The van der Waals surface area contributed by atoms with Gasteiger partial charge in [-0.1, -0.05) is 31.9 Å². The Hall–Kier alpha value is -0.520. The van der Waals surface area contributed by atoms with Crippen LogP contribution in [-0.4, -0.2) is 7.11 Å². The van der Waals surface area contributed by atoms with Crippen LogP contribution in [0, 0.1) is 0 Å². The van der Waals surface area contributed by atoms with Crippen molar-refractivity contribution in [3.8, 4) is 17.2 Å². The molecule has 18 heavy (non-hydrogen) atoms. The molecule has 0 unspecified atom stereocenters. The fourth-order valence-corrected chi connectivity index (χ4v) is 2.94. The quantitative estimate of drug-likeness (QED) is 0.607. The zero-order valence-corrected chi connectivity index (χ0v) is 14.2. The van der Waals surface area contributed by atoms with Gasteiger partial charge >= 0.3 is 0 Å². The first-order valence-electron chi connectivity index (χ1n) is 5.06. The van der Waals surface area contributed by atoms with Crippen LogP contribution in [0.25, 0.3) is 0 Å². The molecular formula is C13H9Br3O2. The van der Waals surface area contributed by atoms with E-state index in [1.165, 1.54) is 0 Å². The van der Waals surface area contributed by atoms with Crippen LogP contribution in [0.5, 0.6) is 17.2 Å². The van der Waals surface area contributed by atoms with E-state index in [1.807, 2.05) is 36.4 Å². The number of rotatable bonds is 3. The van der Waals surface area contributed by atoms with E-state index in [0.717, 1.165) is 19.2 Å². The van der Waals surface area contributed by atoms with Crippen molar-refractivity contribution in [2.75, 3.05) is 7.11 Å². The van der Waals surface area contributed by atoms with E-state index in [0.29, 0.717) is 11.5 Å². The normalized spacial score (nSPS) is 10.2. The van der Waals surface area contributed by atoms with Gasteiger partial charge in [0.1, 0.15) is 5.75 Å². The molecule has 0 heterocycles. The Morgan fingerprint density at radius 3 is 2.17 bits per heavy atom. The van der Waals surface area contributed by atoms with E-state index in [-0.39, 0.29) is 0 Å². The van der Waals surface area contributed by atoms with Crippen molar-refractivity contribution >= 4 is 47.8 Å². The maximum Gasteiger partial charge on any atom is 0.183 e. The summed E-state index contributed by atoms with van der Waals surface area (Å²) in [4.78, 5) is 0. The van der Waals surface area contributed by atoms with Crippen LogP contribution in [-0.2, 0) is 0 Å². The van der Waals surface area contributed by atoms with Crippen LogP contribution in [0.3, 0.4) is 0 Å². The Morgan fingerprint density at radius 1 is 0.889 bits per heavy atom. The van der Waals surface area contributed by atoms with Crippen molar-refractivity contribution in [1.29, 1.82) is 0 Å². The smallest absolute Gasteiger partial charge is 0.183 e. The van der Waals surface area contributed by atoms with Crippen molar-refractivity contribution < 1.29 is 9.47 Å². The van der Waals surface area contributed by atoms with Crippen molar-refractivity contribution in [2.24, 2.45) is 0 Å². The molecule has 2 aromatic carbocycles. The molecule has 94 valence electrons. The highest BCUT2D eigenvalue weighted by molar-refractivity contribution is 9.11. The summed E-state index contributed by atoms with van der Waals surface area (Å²) in [5.74, 6) is 2.07. The van der Waals surface area contributed by atoms with E-state index in [9.17, 15) is 0 Å². The van der Waals surface area contributed by atoms with E-state index in [4.69, 9.17) is 9.47 Å². The highest BCUT2D eigenvalue weighted by atomic mass is 79.9. The van der Waals surface area contributed by atoms with Crippen LogP contribution in [0.1, 0.15) is 0 Å². The van der Waals surface area contributed by atoms with Crippen LogP contribution < -0.4 is 9.47 Å². The van der Waals surface area contributed by atoms with Crippen LogP contribution >= 0.6 is 47.8 Å². The molecule has 0 atom stereocenters. The SMILES string of the molecule is COc1cc(Br)cc(Br)c1Oc1ccc(Br)cc1. The molecule has 0 fully saturated rings. The molecule has 5 heteroatoms. The minimum absolute atomic E-state index is 0.656. The van der Waals surface area contributed by atoms with Gasteiger partial charge in [-0.2, -0.15) is 0 Å². The summed E-state index contributed by atoms with van der Waals surface area (Å²) in [6.07, 6.45) is 0. The number of hydrogen-bond donors (Lipinski definition) is 0. The molecule has 0 aromatic heterocycles. The fraction of sp³-hybridized carbons (Fsp3) is 0.0769. The lowest BCUT2D eigenvalue weighted by atomic mass is 10.3. The van der Waals surface area contributed by atoms with Gasteiger partial charge in [0, 0.05) is 8.95 Å². The average Bonchev–Trinajstić information content (AvgIpc) is 2.34. The molecule has 2 rings (SSSR count). The number of halogens is 3. The Bertz CT molecular complexity index is 553. The zero-order valence-electron chi connectivity index (χ0n) is 9.41. The molecular weight excluding hydrogens is 428 g/mol. The van der Waals surface area contributed by atoms with Gasteiger partial charge in [0.2, 0.25) is 0 Å². The molecule has 2 aromatic rings. The summed E-state index contributed by atoms with van der Waals surface area (Å²) in [6, 6.07) is 11.4. The van der Waals surface area contributed by atoms with Gasteiger partial charge in [-0.15, -0.1) is 0 Å². The van der Waals surface area contributed by atoms with Crippen LogP contribution in [0.2, 0.25) is 0 Å². The van der Waals surface area contributed by atoms with E-state index < -0.39 is 0 Å². The van der Waals surface area contributed by atoms with Crippen molar-refractivity contribution in [1.82, 2.24) is 0 Å². The molecule has 0 saturated heterocycles. The van der Waals surface area contributed by atoms with Gasteiger partial charge < -0.3 is 9.47 Å². The third-order valence-corrected chi connectivity index (χ3v) is 3.80. The third-order valence-electron chi connectivity index (χ3n) is 2.23. The highest BCUT2D eigenvalue weighted by Crippen LogP contribution is 2.40. The number of benzene rings is 2. The van der Waals surface area contributed by atoms with Crippen molar-refractivity contribution in [3.63, 3.8) is 0 Å². The van der Waals surface area contributed by atoms with Gasteiger partial charge in [0.25, 0.3) is 0 Å². The first-order valence-corrected chi connectivity index (χ1v) is 7.44. The first-order chi connectivity index (χ1) is 8.60. The summed E-state index contributed by atoms with van der Waals surface area (Å²) in [7, 11) is 1.61. The van der Waals surface area contributed by atoms with E-state index in [1.54, 1.807) is 7.11 Å². The van der Waals surface area contributed by atoms with Crippen molar-refractivity contribution in [2.45, 2.75) is 0 Å². The van der Waals surface area contributed by atoms with Gasteiger partial charge in [-0.25, -0.2) is 0 Å². The molecule has 0 saturated carbocycles. The minimum Gasteiger partial charge on any atom is -0.493 e. The molecule has 0 N–H and O–H groups in total. The monoisotopic (exact) mass is 434 g/mol. The predicted octanol–water partition coefficient (Wildman–Crippen LogP) is 5.78. The molecule has 0 aliphatic rings. The van der Waals surface area contributed by atoms with Gasteiger partial charge in [-0.05, 0) is 52.3 Å². The number of ether oxygens (including phenoxy) is 2. The van der Waals surface area contributed by atoms with Gasteiger partial charge in [0.05, 0.1) is 11.6 Å². The van der Waals surface area contributed by atoms with Gasteiger partial charge in [-0.3, -0.25) is 0 Å². The number of hydrogen-bond acceptors (Lipinski definition) is 2. The highest BCUT2D eigenvalue weighted by Gasteiger charge is 2.11. The van der Waals surface area contributed by atoms with Gasteiger partial charge in [0.15, 0.2) is 11.5 Å². The predicted molar refractivity (Wildman–Crippen MR) is 82.6 cm³/mol. The molecule has 0 radical (unpaired) electrons. The van der Waals surface area contributed by atoms with Crippen LogP contribution in [0.4, 0.5) is 0 Å². The fourth-order valence-electron chi connectivity index (χ4n) is 1.41. The summed E-state index contributed by atoms with van der Waals surface area (Å²) in [5.41, 5.74) is 0. The maximum atomic E-state index is 5.83. The largest absolute Gasteiger partial charge is 0.493 e. The molecule has 0 spiro atoms. The topological polar surface area (TPSA) is 18.5 Å². The summed E-state index contributed by atoms with van der Waals surface area (Å²) < 4.78 is 13.9. The Labute approximate surface area is 131 Å². The van der Waals surface area contributed by atoms with Crippen molar-refractivity contribution in [3.05, 3.63) is 49.8 Å². The first kappa shape index (κ1) is 13.9. The average molecular weight is 437 g/mol. The van der Waals surface area contributed by atoms with Crippen LogP contribution in [0.15, 0.2) is 49.8 Å². The Morgan fingerprint density at radius 2 is 1.56 bits per heavy atom. The molecule has 0 aliphatic carbocycles. The summed E-state index contributed by atoms with van der Waals surface area (Å²) in [6.45, 7) is 0. The zero-order chi connectivity index (χ0) is 13.1. The molecule has 0 amide bonds. The second kappa shape index (κ2) is 6.08. The molecule has 0 aliphatic heterocycles. The Balaban J connectivity index is 2.36. The molecule has 0 bridgehead atoms. The molecule has 2 nitrogen and oxygen atoms in total. The lowest BCUT2D eigenvalue weighted by Crippen LogP contribution is -1.91. The lowest BCUT2D eigenvalue weighted by Gasteiger charge is -2.12. The van der Waals surface area contributed by atoms with E-state index in [2.05, 4.69) is 47.8 Å².